The van der Waals surface area contributed by atoms with E-state index >= 15 is 0 Å². The van der Waals surface area contributed by atoms with Crippen molar-refractivity contribution in [1.29, 1.82) is 0 Å². The van der Waals surface area contributed by atoms with E-state index in [0.717, 1.165) is 0 Å². The lowest BCUT2D eigenvalue weighted by Crippen LogP contribution is -2.15. The number of aromatic nitrogens is 2. The van der Waals surface area contributed by atoms with Gasteiger partial charge in [0.15, 0.2) is 15.5 Å². The lowest BCUT2D eigenvalue weighted by molar-refractivity contribution is 0.0689. The number of aromatic carboxylic acids is 1. The summed E-state index contributed by atoms with van der Waals surface area (Å²) in [6, 6.07) is 5.01. The highest BCUT2D eigenvalue weighted by atomic mass is 79.9. The van der Waals surface area contributed by atoms with Gasteiger partial charge in [0.25, 0.3) is 0 Å². The molecule has 0 saturated carbocycles. The highest BCUT2D eigenvalue weighted by Crippen LogP contribution is 2.42. The van der Waals surface area contributed by atoms with Crippen LogP contribution in [0.4, 0.5) is 0 Å². The number of carbonyl (C=O) groups is 1. The van der Waals surface area contributed by atoms with Crippen molar-refractivity contribution in [2.45, 2.75) is 10.6 Å². The first-order valence-corrected chi connectivity index (χ1v) is 8.08. The number of hydrogen-bond acceptors (Lipinski definition) is 4. The van der Waals surface area contributed by atoms with Gasteiger partial charge in [-0.15, -0.1) is 0 Å². The second-order valence-electron chi connectivity index (χ2n) is 4.48. The molecule has 0 spiro atoms. The van der Waals surface area contributed by atoms with E-state index in [1.807, 2.05) is 0 Å². The van der Waals surface area contributed by atoms with E-state index in [9.17, 15) is 13.2 Å². The third-order valence-corrected chi connectivity index (χ3v) is 5.87. The van der Waals surface area contributed by atoms with Crippen molar-refractivity contribution < 1.29 is 18.3 Å². The van der Waals surface area contributed by atoms with E-state index in [2.05, 4.69) is 21.0 Å². The first-order chi connectivity index (χ1) is 9.33. The van der Waals surface area contributed by atoms with Gasteiger partial charge in [0.1, 0.15) is 0 Å². The summed E-state index contributed by atoms with van der Waals surface area (Å²) in [7, 11) is -1.99. The molecule has 20 heavy (non-hydrogen) atoms. The maximum absolute atomic E-state index is 12.4. The largest absolute Gasteiger partial charge is 0.476 e. The van der Waals surface area contributed by atoms with Gasteiger partial charge in [0.2, 0.25) is 0 Å². The molecule has 3 rings (SSSR count). The number of fused-ring (bicyclic) bond motifs is 3. The Labute approximate surface area is 123 Å². The molecule has 0 aliphatic carbocycles. The Kier molecular flexibility index (Phi) is 2.77. The van der Waals surface area contributed by atoms with Crippen molar-refractivity contribution in [3.05, 3.63) is 33.9 Å². The van der Waals surface area contributed by atoms with Crippen LogP contribution in [0.5, 0.6) is 0 Å². The van der Waals surface area contributed by atoms with Crippen LogP contribution in [-0.4, -0.2) is 29.3 Å². The first kappa shape index (κ1) is 13.3. The van der Waals surface area contributed by atoms with Crippen LogP contribution in [0.1, 0.15) is 16.1 Å². The average Bonchev–Trinajstić information content (AvgIpc) is 2.65. The molecule has 8 heteroatoms. The maximum atomic E-state index is 12.4. The Bertz CT molecular complexity index is 855. The lowest BCUT2D eigenvalue weighted by Gasteiger charge is -2.19. The molecule has 1 N–H and O–H groups in total. The van der Waals surface area contributed by atoms with Crippen molar-refractivity contribution in [2.24, 2.45) is 7.05 Å². The smallest absolute Gasteiger partial charge is 0.356 e. The topological polar surface area (TPSA) is 89.3 Å². The van der Waals surface area contributed by atoms with E-state index in [-0.39, 0.29) is 21.9 Å². The van der Waals surface area contributed by atoms with Gasteiger partial charge in [-0.25, -0.2) is 13.2 Å². The number of sulfone groups is 1. The Morgan fingerprint density at radius 1 is 1.45 bits per heavy atom. The summed E-state index contributed by atoms with van der Waals surface area (Å²) in [6.07, 6.45) is 0. The van der Waals surface area contributed by atoms with E-state index in [4.69, 9.17) is 5.11 Å². The number of nitrogens with zero attached hydrogens (tertiary/aromatic N) is 2. The van der Waals surface area contributed by atoms with Crippen LogP contribution in [0, 0.1) is 0 Å². The highest BCUT2D eigenvalue weighted by molar-refractivity contribution is 9.10. The predicted octanol–water partition coefficient (Wildman–Crippen LogP) is 1.84. The number of rotatable bonds is 1. The van der Waals surface area contributed by atoms with Crippen LogP contribution in [0.15, 0.2) is 27.6 Å². The van der Waals surface area contributed by atoms with Crippen LogP contribution in [0.2, 0.25) is 0 Å². The van der Waals surface area contributed by atoms with Gasteiger partial charge < -0.3 is 5.11 Å². The quantitative estimate of drug-likeness (QED) is 0.841. The normalized spacial score (nSPS) is 15.5. The molecule has 1 aromatic heterocycles. The number of carboxylic acid groups (broad SMARTS) is 1. The predicted molar refractivity (Wildman–Crippen MR) is 74.2 cm³/mol. The summed E-state index contributed by atoms with van der Waals surface area (Å²) >= 11 is 3.24. The SMILES string of the molecule is Cn1nc(C(=O)O)c2c1-c1cccc(Br)c1S(=O)(=O)C2. The number of benzene rings is 1. The third-order valence-electron chi connectivity index (χ3n) is 3.22. The molecular formula is C12H9BrN2O4S. The minimum absolute atomic E-state index is 0.187. The Morgan fingerprint density at radius 3 is 2.80 bits per heavy atom. The molecule has 0 radical (unpaired) electrons. The van der Waals surface area contributed by atoms with Gasteiger partial charge >= 0.3 is 5.97 Å². The van der Waals surface area contributed by atoms with Crippen molar-refractivity contribution in [2.75, 3.05) is 0 Å². The molecule has 1 aromatic carbocycles. The molecule has 104 valence electrons. The van der Waals surface area contributed by atoms with Gasteiger partial charge in [0.05, 0.1) is 16.3 Å². The molecule has 0 fully saturated rings. The summed E-state index contributed by atoms with van der Waals surface area (Å²) in [5.41, 5.74) is 1.04. The number of aryl methyl sites for hydroxylation is 1. The Morgan fingerprint density at radius 2 is 2.15 bits per heavy atom. The molecular weight excluding hydrogens is 348 g/mol. The summed E-state index contributed by atoms with van der Waals surface area (Å²) in [5, 5.41) is 13.1. The standard InChI is InChI=1S/C12H9BrN2O4S/c1-15-10-6-3-2-4-8(13)11(6)20(18,19)5-7(10)9(14-15)12(16)17/h2-4H,5H2,1H3,(H,16,17). The average molecular weight is 357 g/mol. The monoisotopic (exact) mass is 356 g/mol. The maximum Gasteiger partial charge on any atom is 0.356 e. The molecule has 2 aromatic rings. The zero-order chi connectivity index (χ0) is 14.7. The van der Waals surface area contributed by atoms with Gasteiger partial charge in [-0.1, -0.05) is 12.1 Å². The highest BCUT2D eigenvalue weighted by Gasteiger charge is 2.36. The van der Waals surface area contributed by atoms with Crippen molar-refractivity contribution in [1.82, 2.24) is 9.78 Å². The second kappa shape index (κ2) is 4.16. The molecule has 0 amide bonds. The Balaban J connectivity index is 2.46. The van der Waals surface area contributed by atoms with E-state index in [1.165, 1.54) is 4.68 Å². The minimum Gasteiger partial charge on any atom is -0.476 e. The van der Waals surface area contributed by atoms with Crippen LogP contribution in [-0.2, 0) is 22.6 Å². The lowest BCUT2D eigenvalue weighted by atomic mass is 10.1. The second-order valence-corrected chi connectivity index (χ2v) is 7.26. The van der Waals surface area contributed by atoms with Crippen LogP contribution < -0.4 is 0 Å². The van der Waals surface area contributed by atoms with Crippen molar-refractivity contribution in [3.8, 4) is 11.3 Å². The molecule has 2 heterocycles. The van der Waals surface area contributed by atoms with Gasteiger partial charge in [-0.05, 0) is 22.0 Å². The molecule has 0 atom stereocenters. The fraction of sp³-hybridized carbons (Fsp3) is 0.167. The molecule has 0 saturated heterocycles. The van der Waals surface area contributed by atoms with Crippen LogP contribution in [0.3, 0.4) is 0 Å². The molecule has 1 aliphatic heterocycles. The van der Waals surface area contributed by atoms with Crippen molar-refractivity contribution in [3.63, 3.8) is 0 Å². The number of carboxylic acids is 1. The van der Waals surface area contributed by atoms with E-state index in [0.29, 0.717) is 15.7 Å². The summed E-state index contributed by atoms with van der Waals surface area (Å²) < 4.78 is 26.6. The fourth-order valence-electron chi connectivity index (χ4n) is 2.49. The summed E-state index contributed by atoms with van der Waals surface area (Å²) in [4.78, 5) is 11.4. The molecule has 0 bridgehead atoms. The number of halogens is 1. The van der Waals surface area contributed by atoms with Gasteiger partial charge in [-0.3, -0.25) is 4.68 Å². The molecule has 0 unspecified atom stereocenters. The summed E-state index contributed by atoms with van der Waals surface area (Å²) in [6.45, 7) is 0. The number of hydrogen-bond donors (Lipinski definition) is 1. The van der Waals surface area contributed by atoms with Gasteiger partial charge in [0, 0.05) is 22.6 Å². The Hall–Kier alpha value is -1.67. The summed E-state index contributed by atoms with van der Waals surface area (Å²) in [5.74, 6) is -1.58. The van der Waals surface area contributed by atoms with Crippen LogP contribution >= 0.6 is 15.9 Å². The van der Waals surface area contributed by atoms with E-state index in [1.54, 1.807) is 25.2 Å². The molecule has 6 nitrogen and oxygen atoms in total. The first-order valence-electron chi connectivity index (χ1n) is 5.63. The fourth-order valence-corrected chi connectivity index (χ4v) is 5.26. The minimum atomic E-state index is -3.59. The zero-order valence-corrected chi connectivity index (χ0v) is 12.7. The van der Waals surface area contributed by atoms with Crippen LogP contribution in [0.25, 0.3) is 11.3 Å². The third kappa shape index (κ3) is 1.71. The molecule has 1 aliphatic rings. The zero-order valence-electron chi connectivity index (χ0n) is 10.3. The van der Waals surface area contributed by atoms with Crippen molar-refractivity contribution >= 4 is 31.7 Å². The van der Waals surface area contributed by atoms with E-state index < -0.39 is 15.8 Å². The van der Waals surface area contributed by atoms with Gasteiger partial charge in [-0.2, -0.15) is 5.10 Å².